The van der Waals surface area contributed by atoms with Crippen molar-refractivity contribution in [2.45, 2.75) is 56.4 Å². The minimum atomic E-state index is -1.72. The monoisotopic (exact) mass is 532 g/mol. The number of halogens is 2. The second-order valence-corrected chi connectivity index (χ2v) is 9.36. The third-order valence-corrected chi connectivity index (χ3v) is 7.28. The van der Waals surface area contributed by atoms with Gasteiger partial charge in [-0.3, -0.25) is 0 Å². The Morgan fingerprint density at radius 1 is 1.37 bits per heavy atom. The topological polar surface area (TPSA) is 122 Å². The Balaban J connectivity index is 1.34. The lowest BCUT2D eigenvalue weighted by Crippen LogP contribution is -2.37. The highest BCUT2D eigenvalue weighted by Gasteiger charge is 2.50. The summed E-state index contributed by atoms with van der Waals surface area (Å²) in [7, 11) is 0. The molecule has 3 N–H and O–H groups in total. The van der Waals surface area contributed by atoms with Crippen molar-refractivity contribution in [1.82, 2.24) is 14.5 Å². The molecule has 0 spiro atoms. The molecule has 0 amide bonds. The number of hydrogen-bond acceptors (Lipinski definition) is 8. The van der Waals surface area contributed by atoms with Gasteiger partial charge in [0.2, 0.25) is 0 Å². The van der Waals surface area contributed by atoms with Crippen molar-refractivity contribution in [3.63, 3.8) is 0 Å². The summed E-state index contributed by atoms with van der Waals surface area (Å²) in [6.45, 7) is -0.504. The highest BCUT2D eigenvalue weighted by Crippen LogP contribution is 2.46. The summed E-state index contributed by atoms with van der Waals surface area (Å²) in [5.41, 5.74) is 6.33. The van der Waals surface area contributed by atoms with E-state index in [2.05, 4.69) is 32.6 Å². The molecule has 5 rings (SSSR count). The first-order valence-corrected chi connectivity index (χ1v) is 11.1. The van der Waals surface area contributed by atoms with Gasteiger partial charge in [0.05, 0.1) is 12.0 Å². The van der Waals surface area contributed by atoms with Crippen molar-refractivity contribution in [2.24, 2.45) is 11.8 Å². The van der Waals surface area contributed by atoms with Gasteiger partial charge in [-0.25, -0.2) is 19.2 Å². The zero-order valence-corrected chi connectivity index (χ0v) is 18.1. The largest absolute Gasteiger partial charge is 0.509 e. The maximum Gasteiger partial charge on any atom is 0.509 e. The van der Waals surface area contributed by atoms with E-state index in [1.807, 2.05) is 0 Å². The van der Waals surface area contributed by atoms with Crippen LogP contribution in [0.4, 0.5) is 15.0 Å². The molecular formula is C19H22FIN4O5. The third-order valence-electron chi connectivity index (χ3n) is 6.47. The van der Waals surface area contributed by atoms with Crippen LogP contribution in [-0.2, 0) is 14.2 Å². The molecule has 3 unspecified atom stereocenters. The van der Waals surface area contributed by atoms with Gasteiger partial charge >= 0.3 is 6.16 Å². The number of aliphatic hydroxyl groups excluding tert-OH is 1. The minimum Gasteiger partial charge on any atom is -0.431 e. The first kappa shape index (κ1) is 20.2. The van der Waals surface area contributed by atoms with Gasteiger partial charge in [0, 0.05) is 9.77 Å². The average molecular weight is 532 g/mol. The summed E-state index contributed by atoms with van der Waals surface area (Å²) in [5.74, 6) is 1.24. The highest BCUT2D eigenvalue weighted by molar-refractivity contribution is 14.1. The second-order valence-electron chi connectivity index (χ2n) is 8.20. The maximum atomic E-state index is 15.4. The van der Waals surface area contributed by atoms with Gasteiger partial charge in [0.1, 0.15) is 30.0 Å². The fraction of sp³-hybridized carbons (Fsp3) is 0.632. The highest BCUT2D eigenvalue weighted by atomic mass is 127. The molecule has 162 valence electrons. The Kier molecular flexibility index (Phi) is 5.22. The predicted molar refractivity (Wildman–Crippen MR) is 111 cm³/mol. The van der Waals surface area contributed by atoms with E-state index in [1.165, 1.54) is 17.3 Å². The van der Waals surface area contributed by atoms with E-state index in [-0.39, 0.29) is 11.9 Å². The number of aliphatic hydroxyl groups is 1. The molecule has 11 heteroatoms. The van der Waals surface area contributed by atoms with Crippen LogP contribution in [0.2, 0.25) is 0 Å². The molecule has 2 aromatic rings. The Morgan fingerprint density at radius 2 is 2.20 bits per heavy atom. The number of carbonyl (C=O) groups is 1. The molecule has 3 aliphatic rings. The number of alkyl halides is 1. The van der Waals surface area contributed by atoms with Gasteiger partial charge in [-0.2, -0.15) is 0 Å². The molecule has 1 aliphatic heterocycles. The molecule has 3 heterocycles. The Hall–Kier alpha value is -1.73. The van der Waals surface area contributed by atoms with Crippen molar-refractivity contribution in [3.05, 3.63) is 16.1 Å². The maximum absolute atomic E-state index is 15.4. The van der Waals surface area contributed by atoms with Crippen molar-refractivity contribution in [3.8, 4) is 0 Å². The van der Waals surface area contributed by atoms with Gasteiger partial charge in [0.15, 0.2) is 18.5 Å². The average Bonchev–Trinajstić information content (AvgIpc) is 3.47. The van der Waals surface area contributed by atoms with Gasteiger partial charge in [-0.1, -0.05) is 0 Å². The van der Waals surface area contributed by atoms with Gasteiger partial charge in [-0.05, 0) is 60.1 Å². The number of hydrogen-bond donors (Lipinski definition) is 2. The molecule has 1 saturated heterocycles. The summed E-state index contributed by atoms with van der Waals surface area (Å²) >= 11 is 2.06. The van der Waals surface area contributed by atoms with Crippen LogP contribution < -0.4 is 5.73 Å². The van der Waals surface area contributed by atoms with Crippen LogP contribution in [0.5, 0.6) is 0 Å². The normalized spacial score (nSPS) is 35.2. The number of nitrogens with zero attached hydrogens (tertiary/aromatic N) is 3. The van der Waals surface area contributed by atoms with Crippen LogP contribution in [0.1, 0.15) is 31.9 Å². The molecule has 2 bridgehead atoms. The van der Waals surface area contributed by atoms with Crippen molar-refractivity contribution in [2.75, 3.05) is 12.3 Å². The third kappa shape index (κ3) is 3.30. The number of aromatic nitrogens is 3. The lowest BCUT2D eigenvalue weighted by molar-refractivity contribution is -0.0640. The van der Waals surface area contributed by atoms with Crippen molar-refractivity contribution in [1.29, 1.82) is 0 Å². The molecular weight excluding hydrogens is 510 g/mol. The number of anilines is 1. The smallest absolute Gasteiger partial charge is 0.431 e. The van der Waals surface area contributed by atoms with Gasteiger partial charge in [0.25, 0.3) is 0 Å². The van der Waals surface area contributed by atoms with E-state index in [0.717, 1.165) is 22.8 Å². The van der Waals surface area contributed by atoms with Crippen LogP contribution in [0.15, 0.2) is 12.5 Å². The van der Waals surface area contributed by atoms with Crippen LogP contribution in [0, 0.1) is 15.4 Å². The van der Waals surface area contributed by atoms with Crippen LogP contribution >= 0.6 is 22.6 Å². The minimum absolute atomic E-state index is 0.172. The van der Waals surface area contributed by atoms with E-state index in [9.17, 15) is 9.90 Å². The number of fused-ring (bicyclic) bond motifs is 3. The Bertz CT molecular complexity index is 974. The first-order valence-electron chi connectivity index (χ1n) is 10.0. The molecule has 3 fully saturated rings. The van der Waals surface area contributed by atoms with Crippen LogP contribution in [0.3, 0.4) is 0 Å². The van der Waals surface area contributed by atoms with Crippen LogP contribution in [0.25, 0.3) is 11.0 Å². The number of ether oxygens (including phenoxy) is 3. The molecule has 2 aromatic heterocycles. The van der Waals surface area contributed by atoms with Crippen molar-refractivity contribution < 1.29 is 28.5 Å². The summed E-state index contributed by atoms with van der Waals surface area (Å²) in [5, 5.41) is 10.3. The molecule has 0 radical (unpaired) electrons. The fourth-order valence-electron chi connectivity index (χ4n) is 5.06. The van der Waals surface area contributed by atoms with E-state index < -0.39 is 37.4 Å². The molecule has 0 aromatic carbocycles. The molecule has 2 aliphatic carbocycles. The van der Waals surface area contributed by atoms with E-state index in [0.29, 0.717) is 22.9 Å². The molecule has 7 atom stereocenters. The standard InChI is InChI=1S/C19H22FIN4O5/c20-14-15(30-19(27)29-11-4-8-1-2-9(11)3-8)12(6-26)28-18(14)25-5-10(21)13-16(22)23-7-24-17(13)25/h5,7-9,11-12,14-15,18,26H,1-4,6H2,(H2,22,23,24)/t8?,9?,11?,12-,14+,15-,18-/m1/s1. The fourth-order valence-corrected chi connectivity index (χ4v) is 5.87. The Labute approximate surface area is 185 Å². The predicted octanol–water partition coefficient (Wildman–Crippen LogP) is 2.56. The second kappa shape index (κ2) is 7.75. The van der Waals surface area contributed by atoms with E-state index in [4.69, 9.17) is 19.9 Å². The first-order chi connectivity index (χ1) is 14.5. The van der Waals surface area contributed by atoms with Crippen LogP contribution in [-0.4, -0.2) is 56.9 Å². The summed E-state index contributed by atoms with van der Waals surface area (Å²) in [6.07, 6.45) is 0.807. The van der Waals surface area contributed by atoms with Gasteiger partial charge < -0.3 is 29.6 Å². The van der Waals surface area contributed by atoms with E-state index in [1.54, 1.807) is 6.20 Å². The summed E-state index contributed by atoms with van der Waals surface area (Å²) < 4.78 is 34.1. The Morgan fingerprint density at radius 3 is 2.90 bits per heavy atom. The molecule has 9 nitrogen and oxygen atoms in total. The molecule has 2 saturated carbocycles. The lowest BCUT2D eigenvalue weighted by Gasteiger charge is -2.24. The summed E-state index contributed by atoms with van der Waals surface area (Å²) in [4.78, 5) is 20.5. The zero-order chi connectivity index (χ0) is 21.0. The van der Waals surface area contributed by atoms with Gasteiger partial charge in [-0.15, -0.1) is 0 Å². The number of nitrogen functional groups attached to an aromatic ring is 1. The van der Waals surface area contributed by atoms with E-state index >= 15 is 4.39 Å². The number of nitrogens with two attached hydrogens (primary N) is 1. The number of rotatable bonds is 4. The SMILES string of the molecule is Nc1ncnc2c1c(I)cn2[C@@H]1O[C@H](CO)[C@@H](OC(=O)OC2CC3CCC2C3)[C@@H]1F. The van der Waals surface area contributed by atoms with Crippen molar-refractivity contribution >= 4 is 45.6 Å². The molecule has 30 heavy (non-hydrogen) atoms. The lowest BCUT2D eigenvalue weighted by atomic mass is 9.98. The zero-order valence-electron chi connectivity index (χ0n) is 16.0. The number of carbonyl (C=O) groups excluding carboxylic acids is 1. The quantitative estimate of drug-likeness (QED) is 0.456. The summed E-state index contributed by atoms with van der Waals surface area (Å²) in [6, 6.07) is 0.